The van der Waals surface area contributed by atoms with Crippen LogP contribution in [-0.4, -0.2) is 58.2 Å². The Labute approximate surface area is 130 Å². The molecule has 0 spiro atoms. The fourth-order valence-corrected chi connectivity index (χ4v) is 3.54. The van der Waals surface area contributed by atoms with E-state index < -0.39 is 0 Å². The van der Waals surface area contributed by atoms with Crippen LogP contribution in [0.5, 0.6) is 0 Å². The van der Waals surface area contributed by atoms with Gasteiger partial charge in [-0.1, -0.05) is 11.6 Å². The van der Waals surface area contributed by atoms with E-state index in [0.29, 0.717) is 11.7 Å². The summed E-state index contributed by atoms with van der Waals surface area (Å²) in [5, 5.41) is 7.26. The van der Waals surface area contributed by atoms with Crippen LogP contribution in [0.25, 0.3) is 0 Å². The second-order valence-corrected chi connectivity index (χ2v) is 6.37. The number of nitrogens with two attached hydrogens (primary N) is 1. The molecule has 122 valence electrons. The Hall–Kier alpha value is -1.63. The minimum absolute atomic E-state index is 0.0871. The number of nitrogen functional groups attached to an aromatic ring is 1. The summed E-state index contributed by atoms with van der Waals surface area (Å²) >= 11 is 0. The van der Waals surface area contributed by atoms with Crippen LogP contribution in [0.1, 0.15) is 44.2 Å². The van der Waals surface area contributed by atoms with E-state index in [4.69, 9.17) is 5.73 Å². The van der Waals surface area contributed by atoms with Gasteiger partial charge in [0.2, 0.25) is 5.91 Å². The molecular weight excluding hydrogens is 282 g/mol. The third kappa shape index (κ3) is 3.58. The van der Waals surface area contributed by atoms with Crippen molar-refractivity contribution >= 4 is 11.7 Å². The van der Waals surface area contributed by atoms with Crippen molar-refractivity contribution in [1.82, 2.24) is 20.1 Å². The van der Waals surface area contributed by atoms with Gasteiger partial charge in [-0.15, -0.1) is 0 Å². The number of hydrogen-bond acceptors (Lipinski definition) is 6. The summed E-state index contributed by atoms with van der Waals surface area (Å²) in [4.78, 5) is 17.1. The number of amides is 1. The summed E-state index contributed by atoms with van der Waals surface area (Å²) in [7, 11) is 0. The standard InChI is InChI=1S/C15H25N5O2/c16-15-13(17-22-18-15)10-14(21)20-9-5-2-6-12(20)11-19-7-3-1-4-8-19/h12H,1-11H2,(H2,16,18)/t12-/m0/s1. The third-order valence-corrected chi connectivity index (χ3v) is 4.77. The molecule has 22 heavy (non-hydrogen) atoms. The van der Waals surface area contributed by atoms with Crippen molar-refractivity contribution in [3.63, 3.8) is 0 Å². The van der Waals surface area contributed by atoms with Crippen LogP contribution in [0.2, 0.25) is 0 Å². The van der Waals surface area contributed by atoms with Crippen molar-refractivity contribution in [3.8, 4) is 0 Å². The number of piperidine rings is 2. The average Bonchev–Trinajstić information content (AvgIpc) is 2.94. The van der Waals surface area contributed by atoms with Crippen molar-refractivity contribution in [1.29, 1.82) is 0 Å². The van der Waals surface area contributed by atoms with E-state index in [2.05, 4.69) is 19.8 Å². The lowest BCUT2D eigenvalue weighted by molar-refractivity contribution is -0.134. The van der Waals surface area contributed by atoms with E-state index >= 15 is 0 Å². The molecule has 2 saturated heterocycles. The zero-order valence-electron chi connectivity index (χ0n) is 13.0. The first-order valence-electron chi connectivity index (χ1n) is 8.33. The van der Waals surface area contributed by atoms with Gasteiger partial charge in [0, 0.05) is 19.1 Å². The topological polar surface area (TPSA) is 88.5 Å². The molecule has 0 saturated carbocycles. The quantitative estimate of drug-likeness (QED) is 0.895. The zero-order chi connectivity index (χ0) is 15.4. The Bertz CT molecular complexity index is 498. The van der Waals surface area contributed by atoms with Crippen LogP contribution in [0.4, 0.5) is 5.82 Å². The highest BCUT2D eigenvalue weighted by atomic mass is 16.6. The number of likely N-dealkylation sites (tertiary alicyclic amines) is 2. The van der Waals surface area contributed by atoms with Crippen molar-refractivity contribution in [2.75, 3.05) is 31.9 Å². The first-order chi connectivity index (χ1) is 10.7. The van der Waals surface area contributed by atoms with Gasteiger partial charge in [0.05, 0.1) is 6.42 Å². The molecular formula is C15H25N5O2. The van der Waals surface area contributed by atoms with E-state index in [1.165, 1.54) is 38.8 Å². The number of carbonyl (C=O) groups excluding carboxylic acids is 1. The number of aromatic nitrogens is 2. The molecule has 1 amide bonds. The highest BCUT2D eigenvalue weighted by molar-refractivity contribution is 5.79. The molecule has 0 unspecified atom stereocenters. The summed E-state index contributed by atoms with van der Waals surface area (Å²) < 4.78 is 4.58. The van der Waals surface area contributed by atoms with Gasteiger partial charge in [0.25, 0.3) is 0 Å². The lowest BCUT2D eigenvalue weighted by Gasteiger charge is -2.39. The van der Waals surface area contributed by atoms with E-state index in [9.17, 15) is 4.79 Å². The molecule has 1 aromatic heterocycles. The molecule has 2 aliphatic heterocycles. The molecule has 2 fully saturated rings. The lowest BCUT2D eigenvalue weighted by Crippen LogP contribution is -2.50. The first-order valence-corrected chi connectivity index (χ1v) is 8.33. The fourth-order valence-electron chi connectivity index (χ4n) is 3.54. The van der Waals surface area contributed by atoms with Crippen molar-refractivity contribution < 1.29 is 9.42 Å². The van der Waals surface area contributed by atoms with Crippen LogP contribution in [0.15, 0.2) is 4.63 Å². The molecule has 1 atom stereocenters. The van der Waals surface area contributed by atoms with Gasteiger partial charge in [-0.2, -0.15) is 0 Å². The molecule has 3 heterocycles. The number of rotatable bonds is 4. The second-order valence-electron chi connectivity index (χ2n) is 6.37. The molecule has 0 bridgehead atoms. The number of carbonyl (C=O) groups is 1. The molecule has 2 aliphatic rings. The average molecular weight is 307 g/mol. The Morgan fingerprint density at radius 3 is 2.64 bits per heavy atom. The van der Waals surface area contributed by atoms with Crippen LogP contribution < -0.4 is 5.73 Å². The van der Waals surface area contributed by atoms with Gasteiger partial charge >= 0.3 is 0 Å². The summed E-state index contributed by atoms with van der Waals surface area (Å²) in [5.41, 5.74) is 6.11. The Kier molecular flexibility index (Phi) is 4.92. The van der Waals surface area contributed by atoms with E-state index in [1.807, 2.05) is 4.90 Å². The second kappa shape index (κ2) is 7.09. The lowest BCUT2D eigenvalue weighted by atomic mass is 9.99. The molecule has 0 radical (unpaired) electrons. The normalized spacial score (nSPS) is 23.6. The Morgan fingerprint density at radius 1 is 1.14 bits per heavy atom. The Balaban J connectivity index is 1.61. The largest absolute Gasteiger partial charge is 0.379 e. The molecule has 2 N–H and O–H groups in total. The highest BCUT2D eigenvalue weighted by Crippen LogP contribution is 2.21. The maximum atomic E-state index is 12.6. The highest BCUT2D eigenvalue weighted by Gasteiger charge is 2.29. The third-order valence-electron chi connectivity index (χ3n) is 4.77. The number of hydrogen-bond donors (Lipinski definition) is 1. The van der Waals surface area contributed by atoms with Gasteiger partial charge in [0.1, 0.15) is 5.69 Å². The predicted molar refractivity (Wildman–Crippen MR) is 82.1 cm³/mol. The molecule has 7 heteroatoms. The fraction of sp³-hybridized carbons (Fsp3) is 0.800. The SMILES string of the molecule is Nc1nonc1CC(=O)N1CCCC[C@H]1CN1CCCCC1. The molecule has 0 aliphatic carbocycles. The van der Waals surface area contributed by atoms with Crippen LogP contribution in [-0.2, 0) is 11.2 Å². The van der Waals surface area contributed by atoms with Crippen LogP contribution in [0, 0.1) is 0 Å². The minimum atomic E-state index is 0.0871. The summed E-state index contributed by atoms with van der Waals surface area (Å²) in [6, 6.07) is 0.320. The number of nitrogens with zero attached hydrogens (tertiary/aromatic N) is 4. The van der Waals surface area contributed by atoms with E-state index in [-0.39, 0.29) is 18.1 Å². The summed E-state index contributed by atoms with van der Waals surface area (Å²) in [6.07, 6.45) is 7.46. The summed E-state index contributed by atoms with van der Waals surface area (Å²) in [5.74, 6) is 0.307. The van der Waals surface area contributed by atoms with Gasteiger partial charge in [-0.3, -0.25) is 4.79 Å². The van der Waals surface area contributed by atoms with Crippen molar-refractivity contribution in [3.05, 3.63) is 5.69 Å². The van der Waals surface area contributed by atoms with Gasteiger partial charge in [-0.25, -0.2) is 4.63 Å². The molecule has 7 nitrogen and oxygen atoms in total. The maximum absolute atomic E-state index is 12.6. The van der Waals surface area contributed by atoms with Crippen molar-refractivity contribution in [2.45, 2.75) is 51.0 Å². The van der Waals surface area contributed by atoms with Crippen LogP contribution in [0.3, 0.4) is 0 Å². The monoisotopic (exact) mass is 307 g/mol. The number of anilines is 1. The summed E-state index contributed by atoms with van der Waals surface area (Å²) in [6.45, 7) is 4.16. The Morgan fingerprint density at radius 2 is 1.91 bits per heavy atom. The van der Waals surface area contributed by atoms with Crippen LogP contribution >= 0.6 is 0 Å². The maximum Gasteiger partial charge on any atom is 0.229 e. The first kappa shape index (κ1) is 15.3. The van der Waals surface area contributed by atoms with Gasteiger partial charge in [-0.05, 0) is 50.4 Å². The van der Waals surface area contributed by atoms with Gasteiger partial charge in [0.15, 0.2) is 5.82 Å². The van der Waals surface area contributed by atoms with Gasteiger partial charge < -0.3 is 15.5 Å². The smallest absolute Gasteiger partial charge is 0.229 e. The van der Waals surface area contributed by atoms with Crippen molar-refractivity contribution in [2.24, 2.45) is 0 Å². The molecule has 0 aromatic carbocycles. The zero-order valence-corrected chi connectivity index (χ0v) is 13.0. The predicted octanol–water partition coefficient (Wildman–Crippen LogP) is 1.06. The molecule has 3 rings (SSSR count). The van der Waals surface area contributed by atoms with E-state index in [0.717, 1.165) is 25.9 Å². The minimum Gasteiger partial charge on any atom is -0.379 e. The van der Waals surface area contributed by atoms with E-state index in [1.54, 1.807) is 0 Å². The molecule has 1 aromatic rings.